The highest BCUT2D eigenvalue weighted by atomic mass is 32.1. The fourth-order valence-electron chi connectivity index (χ4n) is 2.03. The lowest BCUT2D eigenvalue weighted by Crippen LogP contribution is -2.34. The Hall–Kier alpha value is -3.02. The van der Waals surface area contributed by atoms with Crippen LogP contribution in [-0.2, 0) is 6.42 Å². The van der Waals surface area contributed by atoms with E-state index >= 15 is 0 Å². The van der Waals surface area contributed by atoms with Crippen molar-refractivity contribution >= 4 is 39.7 Å². The number of carbonyl (C=O) groups excluding carboxylic acids is 1. The van der Waals surface area contributed by atoms with Gasteiger partial charge in [0.1, 0.15) is 11.5 Å². The molecule has 0 aliphatic rings. The highest BCUT2D eigenvalue weighted by Crippen LogP contribution is 2.26. The van der Waals surface area contributed by atoms with E-state index in [0.29, 0.717) is 27.9 Å². The first kappa shape index (κ1) is 16.8. The topological polar surface area (TPSA) is 91.0 Å². The number of thiocarbonyl (C=S) groups is 1. The smallest absolute Gasteiger partial charge is 0.257 e. The maximum atomic E-state index is 12.0. The van der Waals surface area contributed by atoms with Gasteiger partial charge in [0.2, 0.25) is 0 Å². The molecule has 124 valence electrons. The maximum Gasteiger partial charge on any atom is 0.257 e. The quantitative estimate of drug-likeness (QED) is 0.684. The number of nitrogens with zero attached hydrogens (tertiary/aromatic N) is 2. The fraction of sp³-hybridized carbons (Fsp3) is 0.0588. The standard InChI is InChI=1S/C17H12N4O2S2/c18-9-8-12-6-7-14(23-12)13-10-25-17(19-13)21-16(24)20-15(22)11-4-2-1-3-5-11/h1-7,10H,8H2,(H2,19,20,21,22,24). The number of furan rings is 1. The summed E-state index contributed by atoms with van der Waals surface area (Å²) in [5, 5.41) is 16.7. The molecule has 0 fully saturated rings. The van der Waals surface area contributed by atoms with Gasteiger partial charge in [-0.1, -0.05) is 18.2 Å². The molecule has 0 aliphatic heterocycles. The van der Waals surface area contributed by atoms with Crippen LogP contribution in [0.1, 0.15) is 16.1 Å². The van der Waals surface area contributed by atoms with Crippen LogP contribution in [0.2, 0.25) is 0 Å². The Kier molecular flexibility index (Phi) is 5.18. The molecule has 0 atom stereocenters. The van der Waals surface area contributed by atoms with Crippen LogP contribution in [-0.4, -0.2) is 16.0 Å². The number of amides is 1. The van der Waals surface area contributed by atoms with Crippen LogP contribution in [0.5, 0.6) is 0 Å². The molecule has 0 unspecified atom stereocenters. The number of hydrogen-bond donors (Lipinski definition) is 2. The van der Waals surface area contributed by atoms with Gasteiger partial charge < -0.3 is 9.73 Å². The van der Waals surface area contributed by atoms with Crippen LogP contribution in [0, 0.1) is 11.3 Å². The molecule has 0 saturated heterocycles. The van der Waals surface area contributed by atoms with Crippen molar-refractivity contribution in [1.82, 2.24) is 10.3 Å². The molecule has 25 heavy (non-hydrogen) atoms. The lowest BCUT2D eigenvalue weighted by Gasteiger charge is -2.06. The predicted molar refractivity (Wildman–Crippen MR) is 99.3 cm³/mol. The van der Waals surface area contributed by atoms with E-state index in [1.54, 1.807) is 41.8 Å². The zero-order valence-corrected chi connectivity index (χ0v) is 14.5. The number of nitriles is 1. The van der Waals surface area contributed by atoms with Gasteiger partial charge in [0.15, 0.2) is 16.0 Å². The fourth-order valence-corrected chi connectivity index (χ4v) is 2.98. The Balaban J connectivity index is 1.62. The second kappa shape index (κ2) is 7.70. The number of rotatable bonds is 4. The molecular formula is C17H12N4O2S2. The molecule has 0 spiro atoms. The van der Waals surface area contributed by atoms with E-state index in [1.807, 2.05) is 12.1 Å². The van der Waals surface area contributed by atoms with E-state index in [-0.39, 0.29) is 17.4 Å². The van der Waals surface area contributed by atoms with Crippen LogP contribution >= 0.6 is 23.6 Å². The Labute approximate surface area is 153 Å². The van der Waals surface area contributed by atoms with Crippen molar-refractivity contribution in [2.45, 2.75) is 6.42 Å². The third-order valence-electron chi connectivity index (χ3n) is 3.16. The molecule has 3 aromatic rings. The van der Waals surface area contributed by atoms with E-state index in [0.717, 1.165) is 0 Å². The van der Waals surface area contributed by atoms with Gasteiger partial charge in [-0.2, -0.15) is 5.26 Å². The minimum Gasteiger partial charge on any atom is -0.458 e. The maximum absolute atomic E-state index is 12.0. The number of anilines is 1. The van der Waals surface area contributed by atoms with Gasteiger partial charge in [-0.25, -0.2) is 4.98 Å². The van der Waals surface area contributed by atoms with Crippen molar-refractivity contribution < 1.29 is 9.21 Å². The van der Waals surface area contributed by atoms with Gasteiger partial charge in [-0.3, -0.25) is 10.1 Å². The molecule has 2 N–H and O–H groups in total. The van der Waals surface area contributed by atoms with Crippen molar-refractivity contribution in [2.24, 2.45) is 0 Å². The second-order valence-corrected chi connectivity index (χ2v) is 6.18. The van der Waals surface area contributed by atoms with Crippen molar-refractivity contribution in [3.05, 3.63) is 59.2 Å². The second-order valence-electron chi connectivity index (χ2n) is 4.91. The van der Waals surface area contributed by atoms with E-state index in [2.05, 4.69) is 15.6 Å². The van der Waals surface area contributed by atoms with E-state index in [9.17, 15) is 4.79 Å². The van der Waals surface area contributed by atoms with Crippen molar-refractivity contribution in [3.8, 4) is 17.5 Å². The number of benzene rings is 1. The van der Waals surface area contributed by atoms with Crippen LogP contribution in [0.25, 0.3) is 11.5 Å². The molecule has 3 rings (SSSR count). The number of thiazole rings is 1. The first-order valence-corrected chi connectivity index (χ1v) is 8.53. The van der Waals surface area contributed by atoms with E-state index < -0.39 is 0 Å². The summed E-state index contributed by atoms with van der Waals surface area (Å²) in [6.07, 6.45) is 0.213. The highest BCUT2D eigenvalue weighted by molar-refractivity contribution is 7.80. The minimum absolute atomic E-state index is 0.166. The average Bonchev–Trinajstić information content (AvgIpc) is 3.25. The van der Waals surface area contributed by atoms with Crippen molar-refractivity contribution in [1.29, 1.82) is 5.26 Å². The summed E-state index contributed by atoms with van der Waals surface area (Å²) in [6, 6.07) is 14.3. The Bertz CT molecular complexity index is 941. The summed E-state index contributed by atoms with van der Waals surface area (Å²) < 4.78 is 5.54. The molecule has 1 amide bonds. The largest absolute Gasteiger partial charge is 0.458 e. The van der Waals surface area contributed by atoms with Gasteiger partial charge >= 0.3 is 0 Å². The first-order chi connectivity index (χ1) is 12.2. The van der Waals surface area contributed by atoms with Crippen LogP contribution < -0.4 is 10.6 Å². The molecule has 2 heterocycles. The Morgan fingerprint density at radius 1 is 1.28 bits per heavy atom. The van der Waals surface area contributed by atoms with Gasteiger partial charge in [-0.05, 0) is 36.5 Å². The van der Waals surface area contributed by atoms with Gasteiger partial charge in [-0.15, -0.1) is 11.3 Å². The lowest BCUT2D eigenvalue weighted by molar-refractivity contribution is 0.0977. The molecule has 0 radical (unpaired) electrons. The summed E-state index contributed by atoms with van der Waals surface area (Å²) >= 11 is 6.47. The Morgan fingerprint density at radius 3 is 2.84 bits per heavy atom. The zero-order valence-electron chi connectivity index (χ0n) is 12.9. The van der Waals surface area contributed by atoms with Crippen LogP contribution in [0.4, 0.5) is 5.13 Å². The van der Waals surface area contributed by atoms with Gasteiger partial charge in [0.05, 0.1) is 12.5 Å². The number of nitrogens with one attached hydrogen (secondary N) is 2. The molecule has 1 aromatic carbocycles. The van der Waals surface area contributed by atoms with Crippen LogP contribution in [0.3, 0.4) is 0 Å². The molecule has 0 aliphatic carbocycles. The van der Waals surface area contributed by atoms with Gasteiger partial charge in [0.25, 0.3) is 5.91 Å². The van der Waals surface area contributed by atoms with E-state index in [4.69, 9.17) is 21.9 Å². The predicted octanol–water partition coefficient (Wildman–Crippen LogP) is 3.60. The number of carbonyl (C=O) groups is 1. The molecule has 8 heteroatoms. The Morgan fingerprint density at radius 2 is 2.08 bits per heavy atom. The molecule has 6 nitrogen and oxygen atoms in total. The lowest BCUT2D eigenvalue weighted by atomic mass is 10.2. The van der Waals surface area contributed by atoms with Gasteiger partial charge in [0, 0.05) is 10.9 Å². The third kappa shape index (κ3) is 4.29. The third-order valence-corrected chi connectivity index (χ3v) is 4.12. The normalized spacial score (nSPS) is 10.0. The zero-order chi connectivity index (χ0) is 17.6. The highest BCUT2D eigenvalue weighted by Gasteiger charge is 2.12. The summed E-state index contributed by atoms with van der Waals surface area (Å²) in [5.74, 6) is 0.876. The average molecular weight is 368 g/mol. The van der Waals surface area contributed by atoms with Crippen LogP contribution in [0.15, 0.2) is 52.3 Å². The summed E-state index contributed by atoms with van der Waals surface area (Å²) in [5.41, 5.74) is 1.15. The summed E-state index contributed by atoms with van der Waals surface area (Å²) in [7, 11) is 0. The molecule has 2 aromatic heterocycles. The minimum atomic E-state index is -0.290. The molecular weight excluding hydrogens is 356 g/mol. The number of aromatic nitrogens is 1. The molecule has 0 saturated carbocycles. The SMILES string of the molecule is N#CCc1ccc(-c2csc(NC(=S)NC(=O)c3ccccc3)n2)o1. The van der Waals surface area contributed by atoms with E-state index in [1.165, 1.54) is 11.3 Å². The first-order valence-electron chi connectivity index (χ1n) is 7.24. The summed E-state index contributed by atoms with van der Waals surface area (Å²) in [4.78, 5) is 16.4. The molecule has 0 bridgehead atoms. The van der Waals surface area contributed by atoms with Crippen molar-refractivity contribution in [2.75, 3.05) is 5.32 Å². The summed E-state index contributed by atoms with van der Waals surface area (Å²) in [6.45, 7) is 0. The van der Waals surface area contributed by atoms with Crippen molar-refractivity contribution in [3.63, 3.8) is 0 Å². The monoisotopic (exact) mass is 368 g/mol. The number of hydrogen-bond acceptors (Lipinski definition) is 6.